The quantitative estimate of drug-likeness (QED) is 0.715. The second-order valence-electron chi connectivity index (χ2n) is 3.71. The Balaban J connectivity index is 2.47. The van der Waals surface area contributed by atoms with Crippen molar-refractivity contribution in [2.24, 2.45) is 0 Å². The van der Waals surface area contributed by atoms with Crippen LogP contribution < -0.4 is 5.32 Å². The zero-order chi connectivity index (χ0) is 11.3. The monoisotopic (exact) mass is 230 g/mol. The van der Waals surface area contributed by atoms with Crippen LogP contribution in [0.2, 0.25) is 0 Å². The second kappa shape index (κ2) is 6.00. The van der Waals surface area contributed by atoms with Crippen LogP contribution in [0, 0.1) is 0 Å². The Morgan fingerprint density at radius 1 is 1.53 bits per heavy atom. The average molecular weight is 230 g/mol. The Bertz CT molecular complexity index is 246. The van der Waals surface area contributed by atoms with Gasteiger partial charge in [-0.2, -0.15) is 11.8 Å². The van der Waals surface area contributed by atoms with Gasteiger partial charge in [0.25, 0.3) is 0 Å². The highest BCUT2D eigenvalue weighted by Crippen LogP contribution is 2.05. The molecule has 4 nitrogen and oxygen atoms in total. The van der Waals surface area contributed by atoms with Crippen molar-refractivity contribution in [3.05, 3.63) is 0 Å². The summed E-state index contributed by atoms with van der Waals surface area (Å²) in [6, 6.07) is -0.366. The summed E-state index contributed by atoms with van der Waals surface area (Å²) >= 11 is 1.78. The second-order valence-corrected chi connectivity index (χ2v) is 4.70. The van der Waals surface area contributed by atoms with E-state index in [0.29, 0.717) is 13.0 Å². The van der Waals surface area contributed by atoms with E-state index in [2.05, 4.69) is 11.6 Å². The predicted octanol–water partition coefficient (Wildman–Crippen LogP) is 0.476. The van der Waals surface area contributed by atoms with Crippen LogP contribution in [-0.4, -0.2) is 47.9 Å². The van der Waals surface area contributed by atoms with Gasteiger partial charge in [-0.3, -0.25) is 9.59 Å². The van der Waals surface area contributed by atoms with Crippen molar-refractivity contribution in [2.75, 3.05) is 25.1 Å². The fraction of sp³-hybridized carbons (Fsp3) is 0.800. The predicted molar refractivity (Wildman–Crippen MR) is 61.8 cm³/mol. The van der Waals surface area contributed by atoms with Gasteiger partial charge in [0.1, 0.15) is 6.04 Å². The molecule has 1 saturated heterocycles. The van der Waals surface area contributed by atoms with Crippen molar-refractivity contribution < 1.29 is 9.59 Å². The third-order valence-corrected chi connectivity index (χ3v) is 3.14. The molecule has 0 aromatic heterocycles. The van der Waals surface area contributed by atoms with E-state index in [4.69, 9.17) is 0 Å². The number of thioether (sulfide) groups is 1. The summed E-state index contributed by atoms with van der Waals surface area (Å²) in [7, 11) is 0. The van der Waals surface area contributed by atoms with Gasteiger partial charge in [-0.1, -0.05) is 0 Å². The van der Waals surface area contributed by atoms with Gasteiger partial charge < -0.3 is 10.2 Å². The first-order valence-electron chi connectivity index (χ1n) is 5.22. The fourth-order valence-corrected chi connectivity index (χ4v) is 2.04. The van der Waals surface area contributed by atoms with E-state index in [9.17, 15) is 9.59 Å². The van der Waals surface area contributed by atoms with Crippen molar-refractivity contribution in [1.29, 1.82) is 0 Å². The standard InChI is InChI=1S/C10H18N2O2S/c1-8-10(14)12(5-3-7-15-2)6-4-9(13)11-8/h8H,3-7H2,1-2H3,(H,11,13). The van der Waals surface area contributed by atoms with Gasteiger partial charge >= 0.3 is 0 Å². The number of amides is 2. The normalized spacial score (nSPS) is 22.5. The number of nitrogens with zero attached hydrogens (tertiary/aromatic N) is 1. The first-order chi connectivity index (χ1) is 7.15. The van der Waals surface area contributed by atoms with Crippen molar-refractivity contribution in [3.8, 4) is 0 Å². The molecule has 86 valence electrons. The molecule has 1 rings (SSSR count). The number of hydrogen-bond donors (Lipinski definition) is 1. The highest BCUT2D eigenvalue weighted by Gasteiger charge is 2.25. The van der Waals surface area contributed by atoms with Gasteiger partial charge in [0.15, 0.2) is 0 Å². The molecule has 1 aliphatic heterocycles. The first-order valence-corrected chi connectivity index (χ1v) is 6.61. The van der Waals surface area contributed by atoms with Gasteiger partial charge in [-0.15, -0.1) is 0 Å². The molecular weight excluding hydrogens is 212 g/mol. The maximum absolute atomic E-state index is 11.8. The minimum Gasteiger partial charge on any atom is -0.345 e. The van der Waals surface area contributed by atoms with E-state index in [1.54, 1.807) is 23.6 Å². The van der Waals surface area contributed by atoms with E-state index in [-0.39, 0.29) is 17.9 Å². The van der Waals surface area contributed by atoms with Gasteiger partial charge in [0.05, 0.1) is 0 Å². The molecule has 1 heterocycles. The summed E-state index contributed by atoms with van der Waals surface area (Å²) in [6.07, 6.45) is 3.47. The molecule has 1 N–H and O–H groups in total. The van der Waals surface area contributed by atoms with Crippen LogP contribution in [0.1, 0.15) is 19.8 Å². The number of nitrogens with one attached hydrogen (secondary N) is 1. The molecule has 0 aliphatic carbocycles. The summed E-state index contributed by atoms with van der Waals surface area (Å²) in [5, 5.41) is 2.68. The van der Waals surface area contributed by atoms with Gasteiger partial charge in [-0.05, 0) is 25.4 Å². The van der Waals surface area contributed by atoms with Gasteiger partial charge in [0, 0.05) is 19.5 Å². The minimum absolute atomic E-state index is 0.0248. The maximum atomic E-state index is 11.8. The molecule has 1 fully saturated rings. The summed E-state index contributed by atoms with van der Waals surface area (Å²) in [6.45, 7) is 3.06. The van der Waals surface area contributed by atoms with Crippen LogP contribution in [0.15, 0.2) is 0 Å². The first kappa shape index (κ1) is 12.4. The lowest BCUT2D eigenvalue weighted by molar-refractivity contribution is -0.133. The lowest BCUT2D eigenvalue weighted by Crippen LogP contribution is -2.43. The zero-order valence-electron chi connectivity index (χ0n) is 9.28. The number of carbonyl (C=O) groups excluding carboxylic acids is 2. The molecule has 0 radical (unpaired) electrons. The van der Waals surface area contributed by atoms with Crippen LogP contribution in [0.25, 0.3) is 0 Å². The third kappa shape index (κ3) is 3.74. The minimum atomic E-state index is -0.366. The Kier molecular flexibility index (Phi) is 4.94. The Morgan fingerprint density at radius 3 is 2.93 bits per heavy atom. The maximum Gasteiger partial charge on any atom is 0.244 e. The summed E-state index contributed by atoms with van der Waals surface area (Å²) in [5.41, 5.74) is 0. The smallest absolute Gasteiger partial charge is 0.244 e. The van der Waals surface area contributed by atoms with Crippen LogP contribution in [0.5, 0.6) is 0 Å². The lowest BCUT2D eigenvalue weighted by atomic mass is 10.3. The van der Waals surface area contributed by atoms with E-state index in [1.807, 2.05) is 0 Å². The van der Waals surface area contributed by atoms with Gasteiger partial charge in [0.2, 0.25) is 11.8 Å². The van der Waals surface area contributed by atoms with Crippen LogP contribution in [0.4, 0.5) is 0 Å². The van der Waals surface area contributed by atoms with E-state index < -0.39 is 0 Å². The molecule has 0 saturated carbocycles. The average Bonchev–Trinajstić information content (AvgIpc) is 2.31. The summed E-state index contributed by atoms with van der Waals surface area (Å²) in [5.74, 6) is 1.07. The van der Waals surface area contributed by atoms with Crippen LogP contribution in [0.3, 0.4) is 0 Å². The molecule has 1 aliphatic rings. The number of carbonyl (C=O) groups is 2. The van der Waals surface area contributed by atoms with Crippen LogP contribution in [-0.2, 0) is 9.59 Å². The Morgan fingerprint density at radius 2 is 2.27 bits per heavy atom. The van der Waals surface area contributed by atoms with E-state index >= 15 is 0 Å². The zero-order valence-corrected chi connectivity index (χ0v) is 10.1. The Hall–Kier alpha value is -0.710. The van der Waals surface area contributed by atoms with Crippen molar-refractivity contribution in [2.45, 2.75) is 25.8 Å². The molecule has 5 heteroatoms. The van der Waals surface area contributed by atoms with Gasteiger partial charge in [-0.25, -0.2) is 0 Å². The van der Waals surface area contributed by atoms with Crippen molar-refractivity contribution in [1.82, 2.24) is 10.2 Å². The number of hydrogen-bond acceptors (Lipinski definition) is 3. The molecule has 15 heavy (non-hydrogen) atoms. The molecule has 1 unspecified atom stereocenters. The SMILES string of the molecule is CSCCCN1CCC(=O)NC(C)C1=O. The topological polar surface area (TPSA) is 49.4 Å². The Labute approximate surface area is 94.8 Å². The van der Waals surface area contributed by atoms with E-state index in [1.165, 1.54) is 0 Å². The largest absolute Gasteiger partial charge is 0.345 e. The van der Waals surface area contributed by atoms with Crippen molar-refractivity contribution >= 4 is 23.6 Å². The van der Waals surface area contributed by atoms with Crippen LogP contribution >= 0.6 is 11.8 Å². The molecule has 0 spiro atoms. The van der Waals surface area contributed by atoms with E-state index in [0.717, 1.165) is 18.7 Å². The molecule has 0 aromatic carbocycles. The number of rotatable bonds is 4. The summed E-state index contributed by atoms with van der Waals surface area (Å²) < 4.78 is 0. The lowest BCUT2D eigenvalue weighted by Gasteiger charge is -2.21. The highest BCUT2D eigenvalue weighted by molar-refractivity contribution is 7.98. The molecule has 0 bridgehead atoms. The third-order valence-electron chi connectivity index (χ3n) is 2.44. The molecule has 2 amide bonds. The molecule has 0 aromatic rings. The molecule has 1 atom stereocenters. The fourth-order valence-electron chi connectivity index (χ4n) is 1.62. The molecular formula is C10H18N2O2S. The van der Waals surface area contributed by atoms with Crippen molar-refractivity contribution in [3.63, 3.8) is 0 Å². The highest BCUT2D eigenvalue weighted by atomic mass is 32.2. The summed E-state index contributed by atoms with van der Waals surface area (Å²) in [4.78, 5) is 24.8.